The number of fused-ring (bicyclic) bond motifs is 3. The Hall–Kier alpha value is -2.71. The molecule has 4 aromatic rings. The zero-order valence-electron chi connectivity index (χ0n) is 13.7. The van der Waals surface area contributed by atoms with Crippen molar-refractivity contribution in [2.24, 2.45) is 0 Å². The molecule has 0 saturated heterocycles. The molecule has 0 radical (unpaired) electrons. The molecule has 2 heteroatoms. The lowest BCUT2D eigenvalue weighted by molar-refractivity contribution is 0.783. The largest absolute Gasteiger partial charge is 0.318 e. The van der Waals surface area contributed by atoms with Crippen molar-refractivity contribution in [2.75, 3.05) is 0 Å². The van der Waals surface area contributed by atoms with E-state index in [-0.39, 0.29) is 4.75 Å². The van der Waals surface area contributed by atoms with Crippen LogP contribution < -0.4 is 0 Å². The molecule has 1 aliphatic heterocycles. The molecule has 0 saturated carbocycles. The van der Waals surface area contributed by atoms with Gasteiger partial charge in [-0.05, 0) is 35.4 Å². The summed E-state index contributed by atoms with van der Waals surface area (Å²) in [7, 11) is 0. The molecule has 0 amide bonds. The molecule has 5 rings (SSSR count). The third-order valence-electron chi connectivity index (χ3n) is 4.86. The summed E-state index contributed by atoms with van der Waals surface area (Å²) in [6, 6.07) is 34.7. The zero-order valence-corrected chi connectivity index (χ0v) is 14.5. The third-order valence-corrected chi connectivity index (χ3v) is 6.41. The SMILES string of the molecule is c1ccc(C2(c3ccccc3)Sc3ccccc3-n3cccc32)cc1. The average Bonchev–Trinajstić information content (AvgIpc) is 3.19. The topological polar surface area (TPSA) is 4.93 Å². The molecule has 0 N–H and O–H groups in total. The van der Waals surface area contributed by atoms with Crippen molar-refractivity contribution in [3.63, 3.8) is 0 Å². The van der Waals surface area contributed by atoms with Crippen LogP contribution in [0.1, 0.15) is 16.8 Å². The van der Waals surface area contributed by atoms with Crippen LogP contribution in [-0.2, 0) is 4.75 Å². The van der Waals surface area contributed by atoms with Crippen LogP contribution in [0.4, 0.5) is 0 Å². The van der Waals surface area contributed by atoms with E-state index in [1.807, 2.05) is 11.8 Å². The van der Waals surface area contributed by atoms with Gasteiger partial charge in [0.1, 0.15) is 4.75 Å². The highest BCUT2D eigenvalue weighted by molar-refractivity contribution is 8.00. The number of para-hydroxylation sites is 1. The van der Waals surface area contributed by atoms with Crippen LogP contribution >= 0.6 is 11.8 Å². The summed E-state index contributed by atoms with van der Waals surface area (Å²) in [5, 5.41) is 0. The van der Waals surface area contributed by atoms with Gasteiger partial charge in [0.05, 0.1) is 5.69 Å². The predicted molar refractivity (Wildman–Crippen MR) is 104 cm³/mol. The molecular formula is C23H17NS. The normalized spacial score (nSPS) is 14.6. The first-order valence-electron chi connectivity index (χ1n) is 8.47. The maximum absolute atomic E-state index is 2.34. The molecule has 3 aromatic carbocycles. The minimum atomic E-state index is -0.250. The molecule has 120 valence electrons. The maximum Gasteiger partial charge on any atom is 0.111 e. The van der Waals surface area contributed by atoms with E-state index in [4.69, 9.17) is 0 Å². The lowest BCUT2D eigenvalue weighted by Gasteiger charge is -2.39. The second-order valence-electron chi connectivity index (χ2n) is 6.25. The third kappa shape index (κ3) is 2.11. The first-order chi connectivity index (χ1) is 12.4. The van der Waals surface area contributed by atoms with Gasteiger partial charge in [-0.3, -0.25) is 0 Å². The van der Waals surface area contributed by atoms with Gasteiger partial charge in [0.25, 0.3) is 0 Å². The number of hydrogen-bond acceptors (Lipinski definition) is 1. The van der Waals surface area contributed by atoms with Gasteiger partial charge in [0.15, 0.2) is 0 Å². The Kier molecular flexibility index (Phi) is 3.32. The molecule has 0 aliphatic carbocycles. The molecule has 2 heterocycles. The molecule has 1 nitrogen and oxygen atoms in total. The Morgan fingerprint density at radius 2 is 1.20 bits per heavy atom. The van der Waals surface area contributed by atoms with Gasteiger partial charge >= 0.3 is 0 Å². The monoisotopic (exact) mass is 339 g/mol. The lowest BCUT2D eigenvalue weighted by atomic mass is 9.87. The van der Waals surface area contributed by atoms with E-state index < -0.39 is 0 Å². The highest BCUT2D eigenvalue weighted by atomic mass is 32.2. The number of aromatic nitrogens is 1. The van der Waals surface area contributed by atoms with Crippen molar-refractivity contribution in [2.45, 2.75) is 9.64 Å². The fourth-order valence-electron chi connectivity index (χ4n) is 3.76. The quantitative estimate of drug-likeness (QED) is 0.442. The van der Waals surface area contributed by atoms with Crippen molar-refractivity contribution in [3.05, 3.63) is 120 Å². The number of benzene rings is 3. The Morgan fingerprint density at radius 1 is 0.600 bits per heavy atom. The van der Waals surface area contributed by atoms with E-state index in [9.17, 15) is 0 Å². The minimum absolute atomic E-state index is 0.250. The van der Waals surface area contributed by atoms with E-state index in [0.29, 0.717) is 0 Å². The Balaban J connectivity index is 1.87. The Bertz CT molecular complexity index is 979. The number of rotatable bonds is 2. The van der Waals surface area contributed by atoms with E-state index in [1.54, 1.807) is 0 Å². The van der Waals surface area contributed by atoms with Gasteiger partial charge in [-0.15, -0.1) is 11.8 Å². The molecule has 0 unspecified atom stereocenters. The molecule has 0 spiro atoms. The molecule has 1 aliphatic rings. The highest BCUT2D eigenvalue weighted by Gasteiger charge is 2.43. The van der Waals surface area contributed by atoms with Crippen LogP contribution in [0.2, 0.25) is 0 Å². The van der Waals surface area contributed by atoms with E-state index >= 15 is 0 Å². The van der Waals surface area contributed by atoms with Gasteiger partial charge in [-0.25, -0.2) is 0 Å². The minimum Gasteiger partial charge on any atom is -0.318 e. The summed E-state index contributed by atoms with van der Waals surface area (Å²) in [6.07, 6.45) is 2.18. The molecule has 25 heavy (non-hydrogen) atoms. The average molecular weight is 339 g/mol. The zero-order chi connectivity index (χ0) is 16.7. The maximum atomic E-state index is 2.34. The van der Waals surface area contributed by atoms with E-state index in [2.05, 4.69) is 108 Å². The molecule has 0 atom stereocenters. The first-order valence-corrected chi connectivity index (χ1v) is 9.28. The van der Waals surface area contributed by atoms with Gasteiger partial charge < -0.3 is 4.57 Å². The fourth-order valence-corrected chi connectivity index (χ4v) is 5.29. The summed E-state index contributed by atoms with van der Waals surface area (Å²) < 4.78 is 2.09. The van der Waals surface area contributed by atoms with E-state index in [0.717, 1.165) is 0 Å². The van der Waals surface area contributed by atoms with Crippen molar-refractivity contribution in [3.8, 4) is 5.69 Å². The van der Waals surface area contributed by atoms with Crippen LogP contribution in [0.25, 0.3) is 5.69 Å². The summed E-state index contributed by atoms with van der Waals surface area (Å²) in [4.78, 5) is 1.30. The van der Waals surface area contributed by atoms with Crippen LogP contribution in [0.15, 0.2) is 108 Å². The van der Waals surface area contributed by atoms with Crippen molar-refractivity contribution in [1.82, 2.24) is 4.57 Å². The molecular weight excluding hydrogens is 322 g/mol. The number of thioether (sulfide) groups is 1. The van der Waals surface area contributed by atoms with Gasteiger partial charge in [0, 0.05) is 16.8 Å². The molecule has 0 bridgehead atoms. The van der Waals surface area contributed by atoms with Gasteiger partial charge in [-0.1, -0.05) is 72.8 Å². The van der Waals surface area contributed by atoms with Gasteiger partial charge in [0.2, 0.25) is 0 Å². The predicted octanol–water partition coefficient (Wildman–Crippen LogP) is 5.87. The van der Waals surface area contributed by atoms with Crippen LogP contribution in [-0.4, -0.2) is 4.57 Å². The molecule has 0 fully saturated rings. The summed E-state index contributed by atoms with van der Waals surface area (Å²) in [5.74, 6) is 0. The van der Waals surface area contributed by atoms with Crippen LogP contribution in [0.3, 0.4) is 0 Å². The Labute approximate surface area is 152 Å². The first kappa shape index (κ1) is 14.6. The Morgan fingerprint density at radius 3 is 1.88 bits per heavy atom. The van der Waals surface area contributed by atoms with Crippen LogP contribution in [0, 0.1) is 0 Å². The fraction of sp³-hybridized carbons (Fsp3) is 0.0435. The summed E-state index contributed by atoms with van der Waals surface area (Å²) in [5.41, 5.74) is 5.17. The molecule has 1 aromatic heterocycles. The second kappa shape index (κ2) is 5.68. The van der Waals surface area contributed by atoms with E-state index in [1.165, 1.54) is 27.4 Å². The summed E-state index contributed by atoms with van der Waals surface area (Å²) in [6.45, 7) is 0. The second-order valence-corrected chi connectivity index (χ2v) is 7.50. The summed E-state index contributed by atoms with van der Waals surface area (Å²) >= 11 is 1.94. The standard InChI is InChI=1S/C23H17NS/c1-3-10-18(11-4-1)23(19-12-5-2-6-13-19)22-16-9-17-24(22)20-14-7-8-15-21(20)25-23/h1-17H. The highest BCUT2D eigenvalue weighted by Crippen LogP contribution is 2.55. The smallest absolute Gasteiger partial charge is 0.111 e. The van der Waals surface area contributed by atoms with Crippen LogP contribution in [0.5, 0.6) is 0 Å². The van der Waals surface area contributed by atoms with Crippen molar-refractivity contribution in [1.29, 1.82) is 0 Å². The van der Waals surface area contributed by atoms with Crippen molar-refractivity contribution >= 4 is 11.8 Å². The number of nitrogens with zero attached hydrogens (tertiary/aromatic N) is 1. The lowest BCUT2D eigenvalue weighted by Crippen LogP contribution is -2.31. The number of hydrogen-bond donors (Lipinski definition) is 0. The van der Waals surface area contributed by atoms with Gasteiger partial charge in [-0.2, -0.15) is 0 Å². The van der Waals surface area contributed by atoms with Crippen molar-refractivity contribution < 1.29 is 0 Å².